The Morgan fingerprint density at radius 3 is 2.77 bits per heavy atom. The fourth-order valence-electron chi connectivity index (χ4n) is 3.11. The number of thiophene rings is 1. The van der Waals surface area contributed by atoms with Crippen LogP contribution >= 0.6 is 11.3 Å². The van der Waals surface area contributed by atoms with E-state index >= 15 is 0 Å². The van der Waals surface area contributed by atoms with Gasteiger partial charge in [-0.25, -0.2) is 9.18 Å². The van der Waals surface area contributed by atoms with Crippen LogP contribution in [0.4, 0.5) is 4.39 Å². The van der Waals surface area contributed by atoms with Crippen LogP contribution in [0.5, 0.6) is 0 Å². The van der Waals surface area contributed by atoms with Crippen molar-refractivity contribution in [3.8, 4) is 0 Å². The van der Waals surface area contributed by atoms with Gasteiger partial charge in [-0.1, -0.05) is 24.3 Å². The van der Waals surface area contributed by atoms with Crippen molar-refractivity contribution in [3.05, 3.63) is 70.4 Å². The number of carbonyl (C=O) groups excluding carboxylic acids is 2. The smallest absolute Gasteiger partial charge is 0.348 e. The van der Waals surface area contributed by atoms with E-state index < -0.39 is 5.97 Å². The Hall–Kier alpha value is -2.73. The van der Waals surface area contributed by atoms with E-state index in [0.717, 1.165) is 16.7 Å². The SMILES string of the molecule is O=C(OCC(=O)N1CCc2ccccc2C1)c1cc2cc(F)ccc2s1. The topological polar surface area (TPSA) is 46.6 Å². The molecule has 1 aliphatic heterocycles. The summed E-state index contributed by atoms with van der Waals surface area (Å²) in [5, 5.41) is 0.654. The molecular weight excluding hydrogens is 353 g/mol. The van der Waals surface area contributed by atoms with E-state index in [9.17, 15) is 14.0 Å². The molecule has 0 atom stereocenters. The highest BCUT2D eigenvalue weighted by Gasteiger charge is 2.22. The maximum Gasteiger partial charge on any atom is 0.348 e. The van der Waals surface area contributed by atoms with Crippen molar-refractivity contribution in [1.29, 1.82) is 0 Å². The zero-order valence-corrected chi connectivity index (χ0v) is 14.7. The Balaban J connectivity index is 1.38. The summed E-state index contributed by atoms with van der Waals surface area (Å²) in [7, 11) is 0. The summed E-state index contributed by atoms with van der Waals surface area (Å²) in [5.41, 5.74) is 2.39. The molecule has 6 heteroatoms. The van der Waals surface area contributed by atoms with Crippen LogP contribution in [-0.4, -0.2) is 29.9 Å². The summed E-state index contributed by atoms with van der Waals surface area (Å²) in [6.07, 6.45) is 0.803. The lowest BCUT2D eigenvalue weighted by molar-refractivity contribution is -0.135. The first kappa shape index (κ1) is 16.7. The first-order chi connectivity index (χ1) is 12.6. The van der Waals surface area contributed by atoms with Gasteiger partial charge < -0.3 is 9.64 Å². The van der Waals surface area contributed by atoms with Crippen LogP contribution in [0.25, 0.3) is 10.1 Å². The van der Waals surface area contributed by atoms with Crippen molar-refractivity contribution < 1.29 is 18.7 Å². The van der Waals surface area contributed by atoms with Crippen LogP contribution in [-0.2, 0) is 22.5 Å². The molecule has 4 rings (SSSR count). The molecule has 0 saturated heterocycles. The van der Waals surface area contributed by atoms with Crippen molar-refractivity contribution in [3.63, 3.8) is 0 Å². The average molecular weight is 369 g/mol. The highest BCUT2D eigenvalue weighted by molar-refractivity contribution is 7.20. The predicted octanol–water partition coefficient (Wildman–Crippen LogP) is 3.78. The van der Waals surface area contributed by atoms with Gasteiger partial charge >= 0.3 is 5.97 Å². The van der Waals surface area contributed by atoms with E-state index in [2.05, 4.69) is 6.07 Å². The first-order valence-corrected chi connectivity index (χ1v) is 9.12. The number of ether oxygens (including phenoxy) is 1. The van der Waals surface area contributed by atoms with Gasteiger partial charge in [0.2, 0.25) is 0 Å². The summed E-state index contributed by atoms with van der Waals surface area (Å²) in [6, 6.07) is 14.0. The van der Waals surface area contributed by atoms with Crippen LogP contribution in [0, 0.1) is 5.82 Å². The molecule has 0 spiro atoms. The van der Waals surface area contributed by atoms with Gasteiger partial charge in [-0.05, 0) is 47.2 Å². The molecule has 26 heavy (non-hydrogen) atoms. The summed E-state index contributed by atoms with van der Waals surface area (Å²) in [6.45, 7) is 0.869. The molecule has 0 unspecified atom stereocenters. The van der Waals surface area contributed by atoms with Gasteiger partial charge in [-0.15, -0.1) is 11.3 Å². The second kappa shape index (κ2) is 6.88. The van der Waals surface area contributed by atoms with E-state index in [1.807, 2.05) is 18.2 Å². The molecule has 2 aromatic carbocycles. The molecule has 132 valence electrons. The summed E-state index contributed by atoms with van der Waals surface area (Å²) < 4.78 is 19.2. The Bertz CT molecular complexity index is 998. The molecule has 3 aromatic rings. The quantitative estimate of drug-likeness (QED) is 0.660. The van der Waals surface area contributed by atoms with Crippen LogP contribution in [0.2, 0.25) is 0 Å². The van der Waals surface area contributed by atoms with Crippen molar-refractivity contribution in [2.24, 2.45) is 0 Å². The molecule has 2 heterocycles. The van der Waals surface area contributed by atoms with Gasteiger partial charge in [0.15, 0.2) is 6.61 Å². The molecule has 0 aliphatic carbocycles. The Kier molecular flexibility index (Phi) is 4.42. The van der Waals surface area contributed by atoms with E-state index in [-0.39, 0.29) is 18.3 Å². The lowest BCUT2D eigenvalue weighted by Crippen LogP contribution is -2.38. The van der Waals surface area contributed by atoms with Crippen LogP contribution in [0.3, 0.4) is 0 Å². The van der Waals surface area contributed by atoms with E-state index in [1.165, 1.54) is 29.0 Å². The highest BCUT2D eigenvalue weighted by atomic mass is 32.1. The van der Waals surface area contributed by atoms with Gasteiger partial charge in [-0.2, -0.15) is 0 Å². The van der Waals surface area contributed by atoms with Gasteiger partial charge in [-0.3, -0.25) is 4.79 Å². The van der Waals surface area contributed by atoms with Gasteiger partial charge in [0.05, 0.1) is 0 Å². The van der Waals surface area contributed by atoms with E-state index in [1.54, 1.807) is 17.0 Å². The standard InChI is InChI=1S/C20H16FNO3S/c21-16-5-6-17-15(9-16)10-18(26-17)20(24)25-12-19(23)22-8-7-13-3-1-2-4-14(13)11-22/h1-6,9-10H,7-8,11-12H2. The fraction of sp³-hybridized carbons (Fsp3) is 0.200. The third kappa shape index (κ3) is 3.32. The van der Waals surface area contributed by atoms with Crippen molar-refractivity contribution >= 4 is 33.3 Å². The van der Waals surface area contributed by atoms with E-state index in [0.29, 0.717) is 23.4 Å². The third-order valence-electron chi connectivity index (χ3n) is 4.49. The van der Waals surface area contributed by atoms with Crippen molar-refractivity contribution in [2.45, 2.75) is 13.0 Å². The largest absolute Gasteiger partial charge is 0.451 e. The summed E-state index contributed by atoms with van der Waals surface area (Å²) in [4.78, 5) is 26.6. The van der Waals surface area contributed by atoms with Crippen LogP contribution in [0.15, 0.2) is 48.5 Å². The second-order valence-electron chi connectivity index (χ2n) is 6.20. The number of fused-ring (bicyclic) bond motifs is 2. The molecule has 0 radical (unpaired) electrons. The lowest BCUT2D eigenvalue weighted by Gasteiger charge is -2.28. The normalized spacial score (nSPS) is 13.5. The molecule has 1 aliphatic rings. The number of hydrogen-bond donors (Lipinski definition) is 0. The van der Waals surface area contributed by atoms with Crippen molar-refractivity contribution in [2.75, 3.05) is 13.2 Å². The Morgan fingerprint density at radius 1 is 1.12 bits per heavy atom. The molecule has 0 fully saturated rings. The number of benzene rings is 2. The van der Waals surface area contributed by atoms with Crippen LogP contribution < -0.4 is 0 Å². The summed E-state index contributed by atoms with van der Waals surface area (Å²) >= 11 is 1.23. The van der Waals surface area contributed by atoms with Gasteiger partial charge in [0, 0.05) is 17.8 Å². The summed E-state index contributed by atoms with van der Waals surface area (Å²) in [5.74, 6) is -1.12. The first-order valence-electron chi connectivity index (χ1n) is 8.31. The van der Waals surface area contributed by atoms with Gasteiger partial charge in [0.25, 0.3) is 5.91 Å². The van der Waals surface area contributed by atoms with Crippen LogP contribution in [0.1, 0.15) is 20.8 Å². The lowest BCUT2D eigenvalue weighted by atomic mass is 10.00. The average Bonchev–Trinajstić information content (AvgIpc) is 3.08. The molecular formula is C20H16FNO3S. The number of rotatable bonds is 3. The zero-order valence-electron chi connectivity index (χ0n) is 13.9. The number of hydrogen-bond acceptors (Lipinski definition) is 4. The number of amides is 1. The minimum atomic E-state index is -0.558. The monoisotopic (exact) mass is 369 g/mol. The Labute approximate surface area is 153 Å². The minimum absolute atomic E-state index is 0.208. The molecule has 1 aromatic heterocycles. The van der Waals surface area contributed by atoms with E-state index in [4.69, 9.17) is 4.74 Å². The highest BCUT2D eigenvalue weighted by Crippen LogP contribution is 2.27. The zero-order chi connectivity index (χ0) is 18.1. The molecule has 1 amide bonds. The molecule has 0 saturated carbocycles. The predicted molar refractivity (Wildman–Crippen MR) is 97.6 cm³/mol. The third-order valence-corrected chi connectivity index (χ3v) is 5.59. The Morgan fingerprint density at radius 2 is 1.92 bits per heavy atom. The maximum atomic E-state index is 13.3. The van der Waals surface area contributed by atoms with Gasteiger partial charge in [0.1, 0.15) is 10.7 Å². The molecule has 0 bridgehead atoms. The second-order valence-corrected chi connectivity index (χ2v) is 7.29. The molecule has 4 nitrogen and oxygen atoms in total. The maximum absolute atomic E-state index is 13.3. The molecule has 0 N–H and O–H groups in total. The number of halogens is 1. The fourth-order valence-corrected chi connectivity index (χ4v) is 4.05. The van der Waals surface area contributed by atoms with Crippen molar-refractivity contribution in [1.82, 2.24) is 4.90 Å². The number of carbonyl (C=O) groups is 2. The number of esters is 1. The number of nitrogens with zero attached hydrogens (tertiary/aromatic N) is 1. The minimum Gasteiger partial charge on any atom is -0.451 e.